The molecule has 0 spiro atoms. The molecule has 94 valence electrons. The van der Waals surface area contributed by atoms with Crippen molar-refractivity contribution in [2.24, 2.45) is 5.84 Å². The van der Waals surface area contributed by atoms with Crippen molar-refractivity contribution in [1.82, 2.24) is 4.98 Å². The van der Waals surface area contributed by atoms with Crippen LogP contribution in [-0.4, -0.2) is 4.98 Å². The van der Waals surface area contributed by atoms with Crippen LogP contribution in [0.4, 0.5) is 10.2 Å². The smallest absolute Gasteiger partial charge is 0.146 e. The van der Waals surface area contributed by atoms with Gasteiger partial charge in [0.15, 0.2) is 0 Å². The fraction of sp³-hybridized carbons (Fsp3) is 0.0833. The van der Waals surface area contributed by atoms with E-state index in [9.17, 15) is 4.39 Å². The van der Waals surface area contributed by atoms with Gasteiger partial charge in [-0.25, -0.2) is 15.2 Å². The Balaban J connectivity index is 2.11. The summed E-state index contributed by atoms with van der Waals surface area (Å²) in [7, 11) is 0. The molecule has 0 aliphatic rings. The van der Waals surface area contributed by atoms with Crippen LogP contribution in [0.15, 0.2) is 36.5 Å². The van der Waals surface area contributed by atoms with Gasteiger partial charge in [0.2, 0.25) is 0 Å². The highest BCUT2D eigenvalue weighted by molar-refractivity contribution is 6.32. The van der Waals surface area contributed by atoms with Gasteiger partial charge in [-0.05, 0) is 24.3 Å². The number of nitrogens with one attached hydrogen (secondary N) is 1. The number of nitrogen functional groups attached to an aromatic ring is 1. The molecule has 0 unspecified atom stereocenters. The number of hydrogen-bond donors (Lipinski definition) is 2. The fourth-order valence-corrected chi connectivity index (χ4v) is 1.65. The minimum absolute atomic E-state index is 0.223. The summed E-state index contributed by atoms with van der Waals surface area (Å²) < 4.78 is 18.3. The Kier molecular flexibility index (Phi) is 3.96. The van der Waals surface area contributed by atoms with Crippen LogP contribution >= 0.6 is 11.6 Å². The van der Waals surface area contributed by atoms with Crippen LogP contribution in [-0.2, 0) is 6.61 Å². The van der Waals surface area contributed by atoms with Crippen LogP contribution in [0.2, 0.25) is 5.02 Å². The number of pyridine rings is 1. The monoisotopic (exact) mass is 267 g/mol. The summed E-state index contributed by atoms with van der Waals surface area (Å²) in [6, 6.07) is 7.55. The molecule has 6 heteroatoms. The minimum atomic E-state index is -0.405. The van der Waals surface area contributed by atoms with Crippen LogP contribution in [0.3, 0.4) is 0 Å². The number of rotatable bonds is 4. The van der Waals surface area contributed by atoms with Crippen molar-refractivity contribution in [1.29, 1.82) is 0 Å². The highest BCUT2D eigenvalue weighted by atomic mass is 35.5. The first-order valence-corrected chi connectivity index (χ1v) is 5.57. The molecule has 2 aromatic rings. The van der Waals surface area contributed by atoms with Crippen molar-refractivity contribution in [3.8, 4) is 5.75 Å². The standard InChI is InChI=1S/C12H11ClFN3O/c13-10-6-9(14)3-4-11(10)18-7-8-2-1-5-16-12(8)17-15/h1-6H,7,15H2,(H,16,17). The Morgan fingerprint density at radius 1 is 1.39 bits per heavy atom. The summed E-state index contributed by atoms with van der Waals surface area (Å²) in [6.07, 6.45) is 1.61. The summed E-state index contributed by atoms with van der Waals surface area (Å²) >= 11 is 5.85. The van der Waals surface area contributed by atoms with Gasteiger partial charge in [0, 0.05) is 11.8 Å². The molecule has 1 heterocycles. The molecule has 0 saturated heterocycles. The van der Waals surface area contributed by atoms with E-state index in [4.69, 9.17) is 22.2 Å². The first kappa shape index (κ1) is 12.6. The predicted octanol–water partition coefficient (Wildman–Crippen LogP) is 2.74. The van der Waals surface area contributed by atoms with Crippen molar-refractivity contribution in [3.05, 3.63) is 52.9 Å². The van der Waals surface area contributed by atoms with E-state index in [1.165, 1.54) is 18.2 Å². The second kappa shape index (κ2) is 5.66. The highest BCUT2D eigenvalue weighted by Crippen LogP contribution is 2.26. The SMILES string of the molecule is NNc1ncccc1COc1ccc(F)cc1Cl. The van der Waals surface area contributed by atoms with Gasteiger partial charge in [0.25, 0.3) is 0 Å². The van der Waals surface area contributed by atoms with Crippen LogP contribution < -0.4 is 16.0 Å². The maximum absolute atomic E-state index is 12.9. The van der Waals surface area contributed by atoms with Crippen LogP contribution in [0, 0.1) is 5.82 Å². The molecule has 0 aliphatic carbocycles. The number of benzene rings is 1. The first-order valence-electron chi connectivity index (χ1n) is 5.19. The number of hydrogen-bond acceptors (Lipinski definition) is 4. The number of ether oxygens (including phenoxy) is 1. The second-order valence-corrected chi connectivity index (χ2v) is 3.93. The molecule has 0 atom stereocenters. The molecule has 3 N–H and O–H groups in total. The third-order valence-corrected chi connectivity index (χ3v) is 2.60. The zero-order chi connectivity index (χ0) is 13.0. The first-order chi connectivity index (χ1) is 8.70. The zero-order valence-corrected chi connectivity index (χ0v) is 10.1. The largest absolute Gasteiger partial charge is 0.487 e. The summed E-state index contributed by atoms with van der Waals surface area (Å²) in [5.41, 5.74) is 3.25. The summed E-state index contributed by atoms with van der Waals surface area (Å²) in [5.74, 6) is 5.85. The number of anilines is 1. The van der Waals surface area contributed by atoms with E-state index in [2.05, 4.69) is 10.4 Å². The van der Waals surface area contributed by atoms with Gasteiger partial charge in [-0.15, -0.1) is 0 Å². The normalized spacial score (nSPS) is 10.2. The highest BCUT2D eigenvalue weighted by Gasteiger charge is 2.06. The van der Waals surface area contributed by atoms with Crippen LogP contribution in [0.5, 0.6) is 5.75 Å². The molecule has 0 fully saturated rings. The molecule has 0 aliphatic heterocycles. The molecule has 2 rings (SSSR count). The van der Waals surface area contributed by atoms with E-state index in [0.29, 0.717) is 11.6 Å². The Bertz CT molecular complexity index is 551. The van der Waals surface area contributed by atoms with E-state index < -0.39 is 5.82 Å². The summed E-state index contributed by atoms with van der Waals surface area (Å²) in [4.78, 5) is 4.04. The number of aromatic nitrogens is 1. The second-order valence-electron chi connectivity index (χ2n) is 3.52. The molecule has 1 aromatic heterocycles. The number of nitrogens with zero attached hydrogens (tertiary/aromatic N) is 1. The van der Waals surface area contributed by atoms with Gasteiger partial charge in [-0.3, -0.25) is 0 Å². The van der Waals surface area contributed by atoms with Crippen LogP contribution in [0.1, 0.15) is 5.56 Å². The van der Waals surface area contributed by atoms with Crippen molar-refractivity contribution >= 4 is 17.4 Å². The topological polar surface area (TPSA) is 60.2 Å². The van der Waals surface area contributed by atoms with Gasteiger partial charge in [-0.1, -0.05) is 17.7 Å². The third kappa shape index (κ3) is 2.88. The Morgan fingerprint density at radius 3 is 2.94 bits per heavy atom. The van der Waals surface area contributed by atoms with Crippen LogP contribution in [0.25, 0.3) is 0 Å². The Morgan fingerprint density at radius 2 is 2.22 bits per heavy atom. The van der Waals surface area contributed by atoms with Gasteiger partial charge in [0.05, 0.1) is 5.02 Å². The minimum Gasteiger partial charge on any atom is -0.487 e. The van der Waals surface area contributed by atoms with E-state index in [1.807, 2.05) is 6.07 Å². The lowest BCUT2D eigenvalue weighted by Crippen LogP contribution is -2.12. The number of halogens is 2. The maximum atomic E-state index is 12.9. The van der Waals surface area contributed by atoms with Crippen molar-refractivity contribution in [3.63, 3.8) is 0 Å². The van der Waals surface area contributed by atoms with Gasteiger partial charge in [-0.2, -0.15) is 0 Å². The molecule has 0 saturated carbocycles. The van der Waals surface area contributed by atoms with Crippen molar-refractivity contribution < 1.29 is 9.13 Å². The lowest BCUT2D eigenvalue weighted by molar-refractivity contribution is 0.306. The van der Waals surface area contributed by atoms with Gasteiger partial charge in [0.1, 0.15) is 24.0 Å². The van der Waals surface area contributed by atoms with E-state index >= 15 is 0 Å². The average molecular weight is 268 g/mol. The lowest BCUT2D eigenvalue weighted by atomic mass is 10.2. The molecule has 18 heavy (non-hydrogen) atoms. The molecule has 1 aromatic carbocycles. The van der Waals surface area contributed by atoms with Gasteiger partial charge < -0.3 is 10.2 Å². The molecular weight excluding hydrogens is 257 g/mol. The van der Waals surface area contributed by atoms with Crippen molar-refractivity contribution in [2.45, 2.75) is 6.61 Å². The average Bonchev–Trinajstić information content (AvgIpc) is 2.38. The quantitative estimate of drug-likeness (QED) is 0.661. The fourth-order valence-electron chi connectivity index (χ4n) is 1.43. The van der Waals surface area contributed by atoms with Crippen molar-refractivity contribution in [2.75, 3.05) is 5.43 Å². The number of hydrazine groups is 1. The number of nitrogens with two attached hydrogens (primary N) is 1. The zero-order valence-electron chi connectivity index (χ0n) is 9.36. The van der Waals surface area contributed by atoms with E-state index in [1.54, 1.807) is 12.3 Å². The summed E-state index contributed by atoms with van der Waals surface area (Å²) in [6.45, 7) is 0.235. The Labute approximate surface area is 109 Å². The molecule has 0 amide bonds. The van der Waals surface area contributed by atoms with E-state index in [-0.39, 0.29) is 11.6 Å². The Hall–Kier alpha value is -1.85. The maximum Gasteiger partial charge on any atom is 0.146 e. The van der Waals surface area contributed by atoms with E-state index in [0.717, 1.165) is 5.56 Å². The molecule has 0 radical (unpaired) electrons. The lowest BCUT2D eigenvalue weighted by Gasteiger charge is -2.10. The molecule has 4 nitrogen and oxygen atoms in total. The molecule has 0 bridgehead atoms. The predicted molar refractivity (Wildman–Crippen MR) is 67.8 cm³/mol. The summed E-state index contributed by atoms with van der Waals surface area (Å²) in [5, 5.41) is 0.223. The van der Waals surface area contributed by atoms with Gasteiger partial charge >= 0.3 is 0 Å². The molecular formula is C12H11ClFN3O. The third-order valence-electron chi connectivity index (χ3n) is 2.31.